The summed E-state index contributed by atoms with van der Waals surface area (Å²) in [7, 11) is -2.73. The maximum atomic E-state index is 11.3. The largest absolute Gasteiger partial charge is 0.748 e. The van der Waals surface area contributed by atoms with Crippen molar-refractivity contribution in [2.75, 3.05) is 30.9 Å². The van der Waals surface area contributed by atoms with Crippen molar-refractivity contribution in [3.8, 4) is 5.75 Å². The smallest absolute Gasteiger partial charge is 0.301 e. The molecule has 0 bridgehead atoms. The van der Waals surface area contributed by atoms with E-state index in [0.29, 0.717) is 25.3 Å². The molecule has 1 N–H and O–H groups in total. The standard InChI is InChI=1S/C26H26N2O7S4/c1-34-19-9-11-22-21(16-19)27(13-5-15-39(31,32)33)24(36-22)17-25-28(12-4-14-35-38(29)30)26-20-7-3-2-6-18(20)8-10-23(26)37-25/h2-3,6-11,16-17H,4-5,12-15H2,1H3,(H-,29,30,31,32,33). The van der Waals surface area contributed by atoms with Crippen molar-refractivity contribution >= 4 is 77.3 Å². The third-order valence-corrected chi connectivity index (χ3v) is 9.65. The SMILES string of the molecule is COc1ccc2c(c1)N(CCCS(=O)(=O)[O-])C(=Cc1sc3ccc4ccccc4c3[n+]1CCCOS(=O)O)S2. The third kappa shape index (κ3) is 6.46. The van der Waals surface area contributed by atoms with Gasteiger partial charge in [-0.25, -0.2) is 8.42 Å². The molecule has 0 spiro atoms. The highest BCUT2D eigenvalue weighted by Crippen LogP contribution is 2.48. The van der Waals surface area contributed by atoms with Crippen LogP contribution < -0.4 is 14.2 Å². The number of aromatic nitrogens is 1. The Morgan fingerprint density at radius 1 is 1.15 bits per heavy atom. The van der Waals surface area contributed by atoms with Crippen molar-refractivity contribution in [1.82, 2.24) is 0 Å². The van der Waals surface area contributed by atoms with E-state index >= 15 is 0 Å². The Balaban J connectivity index is 1.58. The van der Waals surface area contributed by atoms with E-state index in [2.05, 4.69) is 34.9 Å². The molecule has 1 unspecified atom stereocenters. The Labute approximate surface area is 237 Å². The van der Waals surface area contributed by atoms with Crippen LogP contribution >= 0.6 is 23.1 Å². The fourth-order valence-electron chi connectivity index (χ4n) is 4.61. The molecule has 2 heterocycles. The van der Waals surface area contributed by atoms with Crippen LogP contribution in [0.25, 0.3) is 27.1 Å². The number of anilines is 1. The molecule has 0 saturated carbocycles. The van der Waals surface area contributed by atoms with Crippen LogP contribution in [-0.2, 0) is 32.2 Å². The second-order valence-corrected chi connectivity index (χ2v) is 13.1. The lowest BCUT2D eigenvalue weighted by Crippen LogP contribution is -2.36. The van der Waals surface area contributed by atoms with E-state index in [1.807, 2.05) is 35.2 Å². The van der Waals surface area contributed by atoms with Crippen molar-refractivity contribution < 1.29 is 35.2 Å². The normalized spacial score (nSPS) is 15.4. The van der Waals surface area contributed by atoms with Crippen LogP contribution in [0.4, 0.5) is 5.69 Å². The van der Waals surface area contributed by atoms with E-state index in [1.165, 1.54) is 0 Å². The molecule has 1 aliphatic heterocycles. The molecular formula is C26H26N2O7S4. The van der Waals surface area contributed by atoms with E-state index in [4.69, 9.17) is 13.5 Å². The van der Waals surface area contributed by atoms with Gasteiger partial charge in [0.25, 0.3) is 5.01 Å². The number of fused-ring (bicyclic) bond motifs is 4. The van der Waals surface area contributed by atoms with Gasteiger partial charge in [0.05, 0.1) is 46.0 Å². The number of methoxy groups -OCH3 is 1. The minimum atomic E-state index is -4.33. The van der Waals surface area contributed by atoms with Gasteiger partial charge in [-0.1, -0.05) is 47.4 Å². The number of aryl methyl sites for hydroxylation is 1. The predicted octanol–water partition coefficient (Wildman–Crippen LogP) is 4.74. The molecule has 13 heteroatoms. The molecule has 0 fully saturated rings. The van der Waals surface area contributed by atoms with E-state index in [-0.39, 0.29) is 13.0 Å². The molecular weight excluding hydrogens is 581 g/mol. The highest BCUT2D eigenvalue weighted by Gasteiger charge is 2.29. The summed E-state index contributed by atoms with van der Waals surface area (Å²) < 4.78 is 67.4. The molecule has 9 nitrogen and oxygen atoms in total. The Morgan fingerprint density at radius 3 is 2.74 bits per heavy atom. The number of thioether (sulfide) groups is 1. The molecule has 0 aliphatic carbocycles. The predicted molar refractivity (Wildman–Crippen MR) is 154 cm³/mol. The quantitative estimate of drug-likeness (QED) is 0.112. The first-order chi connectivity index (χ1) is 18.7. The summed E-state index contributed by atoms with van der Waals surface area (Å²) in [6, 6.07) is 18.1. The molecule has 3 aromatic carbocycles. The van der Waals surface area contributed by atoms with Crippen LogP contribution in [0, 0.1) is 0 Å². The zero-order valence-corrected chi connectivity index (χ0v) is 24.2. The lowest BCUT2D eigenvalue weighted by molar-refractivity contribution is -0.668. The van der Waals surface area contributed by atoms with Gasteiger partial charge in [0.2, 0.25) is 5.52 Å². The second-order valence-electron chi connectivity index (χ2n) is 8.80. The lowest BCUT2D eigenvalue weighted by atomic mass is 10.1. The number of thiazole rings is 1. The maximum Gasteiger partial charge on any atom is 0.301 e. The average Bonchev–Trinajstić information content (AvgIpc) is 3.43. The minimum absolute atomic E-state index is 0.129. The van der Waals surface area contributed by atoms with Gasteiger partial charge < -0.3 is 14.2 Å². The van der Waals surface area contributed by atoms with Gasteiger partial charge in [0, 0.05) is 29.7 Å². The van der Waals surface area contributed by atoms with Crippen LogP contribution in [0.1, 0.15) is 17.8 Å². The van der Waals surface area contributed by atoms with E-state index in [1.54, 1.807) is 30.2 Å². The van der Waals surface area contributed by atoms with Gasteiger partial charge in [-0.15, -0.1) is 0 Å². The zero-order valence-electron chi connectivity index (χ0n) is 20.9. The molecule has 0 amide bonds. The number of benzene rings is 3. The first kappa shape index (κ1) is 28.0. The van der Waals surface area contributed by atoms with Crippen LogP contribution in [0.15, 0.2) is 64.5 Å². The van der Waals surface area contributed by atoms with Crippen molar-refractivity contribution in [3.05, 3.63) is 64.6 Å². The summed E-state index contributed by atoms with van der Waals surface area (Å²) >= 11 is 0.886. The van der Waals surface area contributed by atoms with Crippen molar-refractivity contribution in [3.63, 3.8) is 0 Å². The molecule has 39 heavy (non-hydrogen) atoms. The number of hydrogen-bond acceptors (Lipinski definition) is 9. The first-order valence-electron chi connectivity index (χ1n) is 12.1. The summed E-state index contributed by atoms with van der Waals surface area (Å²) in [5, 5.41) is 4.08. The molecule has 206 valence electrons. The summed E-state index contributed by atoms with van der Waals surface area (Å²) in [6.07, 6.45) is 2.79. The Bertz CT molecular complexity index is 1680. The van der Waals surface area contributed by atoms with Gasteiger partial charge >= 0.3 is 11.4 Å². The van der Waals surface area contributed by atoms with Gasteiger partial charge in [-0.3, -0.25) is 8.74 Å². The first-order valence-corrected chi connectivity index (χ1v) is 16.3. The van der Waals surface area contributed by atoms with Crippen molar-refractivity contribution in [2.24, 2.45) is 0 Å². The van der Waals surface area contributed by atoms with Crippen molar-refractivity contribution in [2.45, 2.75) is 24.3 Å². The van der Waals surface area contributed by atoms with Gasteiger partial charge in [-0.2, -0.15) is 8.78 Å². The average molecular weight is 607 g/mol. The van der Waals surface area contributed by atoms with Gasteiger partial charge in [0.15, 0.2) is 6.54 Å². The van der Waals surface area contributed by atoms with Crippen LogP contribution in [0.2, 0.25) is 0 Å². The third-order valence-electron chi connectivity index (χ3n) is 6.28. The van der Waals surface area contributed by atoms with Gasteiger partial charge in [-0.05, 0) is 36.1 Å². The topological polar surface area (TPSA) is 120 Å². The molecule has 0 radical (unpaired) electrons. The zero-order chi connectivity index (χ0) is 27.6. The van der Waals surface area contributed by atoms with Crippen LogP contribution in [0.3, 0.4) is 0 Å². The molecule has 5 rings (SSSR count). The van der Waals surface area contributed by atoms with E-state index in [0.717, 1.165) is 41.6 Å². The van der Waals surface area contributed by atoms with E-state index < -0.39 is 27.2 Å². The van der Waals surface area contributed by atoms with Crippen LogP contribution in [0.5, 0.6) is 5.75 Å². The molecule has 1 atom stereocenters. The van der Waals surface area contributed by atoms with Gasteiger partial charge in [0.1, 0.15) is 10.4 Å². The number of hydrogen-bond donors (Lipinski definition) is 1. The Morgan fingerprint density at radius 2 is 1.97 bits per heavy atom. The molecule has 0 saturated heterocycles. The monoisotopic (exact) mass is 606 g/mol. The fraction of sp³-hybridized carbons (Fsp3) is 0.269. The van der Waals surface area contributed by atoms with Crippen molar-refractivity contribution in [1.29, 1.82) is 0 Å². The summed E-state index contributed by atoms with van der Waals surface area (Å²) in [5.74, 6) is 0.240. The van der Waals surface area contributed by atoms with Crippen LogP contribution in [-0.4, -0.2) is 47.7 Å². The molecule has 4 aromatic rings. The number of nitrogens with zero attached hydrogens (tertiary/aromatic N) is 2. The molecule has 1 aromatic heterocycles. The maximum absolute atomic E-state index is 11.3. The Hall–Kier alpha value is -2.52. The summed E-state index contributed by atoms with van der Waals surface area (Å²) in [6.45, 7) is 1.04. The Kier molecular flexibility index (Phi) is 8.57. The fourth-order valence-corrected chi connectivity index (χ4v) is 7.67. The highest BCUT2D eigenvalue weighted by molar-refractivity contribution is 8.03. The lowest BCUT2D eigenvalue weighted by Gasteiger charge is -2.21. The minimum Gasteiger partial charge on any atom is -0.748 e. The van der Waals surface area contributed by atoms with E-state index in [9.17, 15) is 17.2 Å². The molecule has 1 aliphatic rings. The highest BCUT2D eigenvalue weighted by atomic mass is 32.2. The number of ether oxygens (including phenoxy) is 1. The summed E-state index contributed by atoms with van der Waals surface area (Å²) in [4.78, 5) is 3.03. The second kappa shape index (κ2) is 11.9. The summed E-state index contributed by atoms with van der Waals surface area (Å²) in [5.41, 5.74) is 1.96. The number of rotatable bonds is 11.